The Morgan fingerprint density at radius 2 is 1.97 bits per heavy atom. The number of carbonyl (C=O) groups excluding carboxylic acids is 1. The highest BCUT2D eigenvalue weighted by Gasteiger charge is 2.33. The fraction of sp³-hybridized carbons (Fsp3) is 0.462. The summed E-state index contributed by atoms with van der Waals surface area (Å²) in [6.45, 7) is 1.95. The second-order valence-corrected chi connectivity index (χ2v) is 8.81. The van der Waals surface area contributed by atoms with Crippen molar-refractivity contribution in [1.29, 1.82) is 0 Å². The number of hydrogen-bond acceptors (Lipinski definition) is 7. The van der Waals surface area contributed by atoms with Gasteiger partial charge in [-0.2, -0.15) is 0 Å². The number of carboxylic acid groups (broad SMARTS) is 1. The number of aryl methyl sites for hydroxylation is 3. The molecule has 0 amide bonds. The zero-order valence-corrected chi connectivity index (χ0v) is 19.4. The predicted molar refractivity (Wildman–Crippen MR) is 126 cm³/mol. The van der Waals surface area contributed by atoms with E-state index in [2.05, 4.69) is 5.32 Å². The van der Waals surface area contributed by atoms with E-state index in [9.17, 15) is 19.9 Å². The van der Waals surface area contributed by atoms with Gasteiger partial charge in [0.2, 0.25) is 0 Å². The van der Waals surface area contributed by atoms with Gasteiger partial charge in [-0.25, -0.2) is 0 Å². The summed E-state index contributed by atoms with van der Waals surface area (Å²) in [5.41, 5.74) is 3.99. The van der Waals surface area contributed by atoms with E-state index in [0.29, 0.717) is 24.2 Å². The number of esters is 1. The third kappa shape index (κ3) is 5.58. The lowest BCUT2D eigenvalue weighted by Gasteiger charge is -2.42. The number of benzene rings is 2. The molecule has 8 heteroatoms. The third-order valence-corrected chi connectivity index (χ3v) is 6.49. The SMILES string of the molecule is CCOC(=O)C(CCc1ccccc1)NC1COc2cc3c(cc2C(CC(=O)O)N1[O-])CCC3. The summed E-state index contributed by atoms with van der Waals surface area (Å²) in [5.74, 6) is -0.958. The molecule has 0 aromatic heterocycles. The van der Waals surface area contributed by atoms with Crippen molar-refractivity contribution in [2.45, 2.75) is 63.7 Å². The maximum atomic E-state index is 13.5. The van der Waals surface area contributed by atoms with Crippen LogP contribution in [0.5, 0.6) is 5.75 Å². The van der Waals surface area contributed by atoms with Crippen LogP contribution in [-0.2, 0) is 33.6 Å². The molecule has 2 aromatic carbocycles. The number of nitrogens with one attached hydrogen (secondary N) is 1. The average molecular weight is 468 g/mol. The Kier molecular flexibility index (Phi) is 7.82. The minimum atomic E-state index is -1.07. The molecule has 182 valence electrons. The van der Waals surface area contributed by atoms with Crippen LogP contribution in [0.3, 0.4) is 0 Å². The standard InChI is InChI=1S/C26H31N2O6/c1-2-33-26(31)21(12-11-17-7-4-3-5-8-17)27-24-16-34-23-14-19-10-6-9-18(19)13-20(23)22(28(24)32)15-25(29)30/h3-5,7-8,13-14,21-22,24,27H,2,6,9-12,15-16H2,1H3,(H,29,30)/q-1. The molecular weight excluding hydrogens is 436 g/mol. The van der Waals surface area contributed by atoms with Gasteiger partial charge in [0.05, 0.1) is 19.2 Å². The van der Waals surface area contributed by atoms with Gasteiger partial charge in [0, 0.05) is 11.6 Å². The van der Waals surface area contributed by atoms with Crippen molar-refractivity contribution in [2.24, 2.45) is 0 Å². The number of carboxylic acids is 1. The van der Waals surface area contributed by atoms with E-state index in [-0.39, 0.29) is 19.6 Å². The number of aliphatic carboxylic acids is 1. The first kappa shape index (κ1) is 24.2. The van der Waals surface area contributed by atoms with Crippen LogP contribution in [0.15, 0.2) is 42.5 Å². The fourth-order valence-electron chi connectivity index (χ4n) is 4.79. The van der Waals surface area contributed by atoms with Crippen molar-refractivity contribution in [3.8, 4) is 5.75 Å². The molecule has 3 atom stereocenters. The van der Waals surface area contributed by atoms with E-state index < -0.39 is 30.2 Å². The Morgan fingerprint density at radius 3 is 2.68 bits per heavy atom. The van der Waals surface area contributed by atoms with E-state index in [1.165, 1.54) is 5.56 Å². The molecule has 34 heavy (non-hydrogen) atoms. The Hall–Kier alpha value is -2.94. The van der Waals surface area contributed by atoms with Gasteiger partial charge in [0.25, 0.3) is 0 Å². The summed E-state index contributed by atoms with van der Waals surface area (Å²) in [6, 6.07) is 12.0. The van der Waals surface area contributed by atoms with Gasteiger partial charge in [-0.15, -0.1) is 0 Å². The van der Waals surface area contributed by atoms with Crippen LogP contribution in [0.25, 0.3) is 0 Å². The summed E-state index contributed by atoms with van der Waals surface area (Å²) in [5, 5.41) is 26.9. The highest BCUT2D eigenvalue weighted by molar-refractivity contribution is 5.75. The summed E-state index contributed by atoms with van der Waals surface area (Å²) in [4.78, 5) is 24.4. The van der Waals surface area contributed by atoms with Crippen LogP contribution in [-0.4, -0.2) is 47.5 Å². The van der Waals surface area contributed by atoms with Crippen LogP contribution in [0.2, 0.25) is 0 Å². The topological polar surface area (TPSA) is 111 Å². The van der Waals surface area contributed by atoms with Crippen LogP contribution in [0, 0.1) is 5.21 Å². The van der Waals surface area contributed by atoms with Gasteiger partial charge in [-0.05, 0) is 61.8 Å². The number of carbonyl (C=O) groups is 2. The van der Waals surface area contributed by atoms with Crippen LogP contribution < -0.4 is 10.1 Å². The molecule has 3 unspecified atom stereocenters. The summed E-state index contributed by atoms with van der Waals surface area (Å²) < 4.78 is 11.3. The van der Waals surface area contributed by atoms with Gasteiger partial charge in [-0.1, -0.05) is 36.4 Å². The van der Waals surface area contributed by atoms with Gasteiger partial charge in [0.15, 0.2) is 0 Å². The normalized spacial score (nSPS) is 20.5. The largest absolute Gasteiger partial charge is 0.784 e. The molecule has 0 radical (unpaired) electrons. The predicted octanol–water partition coefficient (Wildman–Crippen LogP) is 3.36. The molecule has 0 bridgehead atoms. The first-order chi connectivity index (χ1) is 16.5. The molecule has 0 spiro atoms. The Bertz CT molecular complexity index is 1010. The van der Waals surface area contributed by atoms with E-state index in [0.717, 1.165) is 35.5 Å². The molecule has 4 rings (SSSR count). The van der Waals surface area contributed by atoms with Crippen LogP contribution >= 0.6 is 0 Å². The molecule has 0 saturated carbocycles. The van der Waals surface area contributed by atoms with Crippen LogP contribution in [0.4, 0.5) is 0 Å². The number of fused-ring (bicyclic) bond motifs is 2. The van der Waals surface area contributed by atoms with E-state index in [1.54, 1.807) is 6.92 Å². The fourth-order valence-corrected chi connectivity index (χ4v) is 4.79. The number of hydrogen-bond donors (Lipinski definition) is 2. The van der Waals surface area contributed by atoms with Crippen molar-refractivity contribution in [2.75, 3.05) is 13.2 Å². The highest BCUT2D eigenvalue weighted by atomic mass is 16.5. The summed E-state index contributed by atoms with van der Waals surface area (Å²) in [7, 11) is 0. The molecule has 0 saturated heterocycles. The van der Waals surface area contributed by atoms with Crippen molar-refractivity contribution in [3.63, 3.8) is 0 Å². The molecule has 2 aliphatic rings. The zero-order valence-electron chi connectivity index (χ0n) is 19.4. The number of hydroxylamine groups is 2. The summed E-state index contributed by atoms with van der Waals surface area (Å²) >= 11 is 0. The minimum Gasteiger partial charge on any atom is -0.784 e. The first-order valence-electron chi connectivity index (χ1n) is 11.9. The van der Waals surface area contributed by atoms with Gasteiger partial charge in [0.1, 0.15) is 18.4 Å². The van der Waals surface area contributed by atoms with E-state index >= 15 is 0 Å². The molecule has 2 N–H and O–H groups in total. The smallest absolute Gasteiger partial charge is 0.323 e. The quantitative estimate of drug-likeness (QED) is 0.540. The average Bonchev–Trinajstić information content (AvgIpc) is 3.25. The van der Waals surface area contributed by atoms with Gasteiger partial charge >= 0.3 is 11.9 Å². The van der Waals surface area contributed by atoms with Crippen molar-refractivity contribution < 1.29 is 24.2 Å². The number of nitrogens with zero attached hydrogens (tertiary/aromatic N) is 1. The molecule has 1 aliphatic carbocycles. The molecular formula is C26H31N2O6-. The second kappa shape index (κ2) is 11.0. The van der Waals surface area contributed by atoms with Crippen molar-refractivity contribution >= 4 is 11.9 Å². The molecule has 1 heterocycles. The third-order valence-electron chi connectivity index (χ3n) is 6.49. The Balaban J connectivity index is 1.56. The maximum Gasteiger partial charge on any atom is 0.323 e. The molecule has 2 aromatic rings. The highest BCUT2D eigenvalue weighted by Crippen LogP contribution is 2.39. The molecule has 1 aliphatic heterocycles. The first-order valence-corrected chi connectivity index (χ1v) is 11.9. The molecule has 0 fully saturated rings. The van der Waals surface area contributed by atoms with Gasteiger partial charge in [-0.3, -0.25) is 14.9 Å². The Morgan fingerprint density at radius 1 is 1.24 bits per heavy atom. The lowest BCUT2D eigenvalue weighted by Crippen LogP contribution is -2.53. The lowest BCUT2D eigenvalue weighted by molar-refractivity contribution is -0.147. The number of ether oxygens (including phenoxy) is 2. The van der Waals surface area contributed by atoms with E-state index in [4.69, 9.17) is 9.47 Å². The zero-order chi connectivity index (χ0) is 24.1. The lowest BCUT2D eigenvalue weighted by atomic mass is 9.97. The maximum absolute atomic E-state index is 13.5. The number of rotatable bonds is 9. The minimum absolute atomic E-state index is 0.00729. The molecule has 8 nitrogen and oxygen atoms in total. The Labute approximate surface area is 199 Å². The van der Waals surface area contributed by atoms with Crippen molar-refractivity contribution in [3.05, 3.63) is 69.9 Å². The monoisotopic (exact) mass is 467 g/mol. The second-order valence-electron chi connectivity index (χ2n) is 8.81. The van der Waals surface area contributed by atoms with Gasteiger partial charge < -0.3 is 24.9 Å². The van der Waals surface area contributed by atoms with Crippen LogP contribution in [0.1, 0.15) is 54.5 Å². The van der Waals surface area contributed by atoms with E-state index in [1.807, 2.05) is 42.5 Å². The summed E-state index contributed by atoms with van der Waals surface area (Å²) in [6.07, 6.45) is 2.68. The van der Waals surface area contributed by atoms with Crippen molar-refractivity contribution in [1.82, 2.24) is 10.4 Å².